The summed E-state index contributed by atoms with van der Waals surface area (Å²) in [5, 5.41) is 2.90. The highest BCUT2D eigenvalue weighted by molar-refractivity contribution is 6.30. The summed E-state index contributed by atoms with van der Waals surface area (Å²) >= 11 is 5.97. The van der Waals surface area contributed by atoms with E-state index in [1.165, 1.54) is 18.3 Å². The van der Waals surface area contributed by atoms with Crippen LogP contribution in [-0.4, -0.2) is 17.7 Å². The first-order valence-corrected chi connectivity index (χ1v) is 10.4. The number of alkyl halides is 3. The molecule has 0 aliphatic carbocycles. The number of hydrogen-bond donors (Lipinski definition) is 1. The maximum absolute atomic E-state index is 14.5. The predicted molar refractivity (Wildman–Crippen MR) is 120 cm³/mol. The van der Waals surface area contributed by atoms with Crippen molar-refractivity contribution in [3.8, 4) is 11.8 Å². The van der Waals surface area contributed by atoms with Crippen LogP contribution in [0.3, 0.4) is 0 Å². The van der Waals surface area contributed by atoms with Crippen LogP contribution in [0, 0.1) is 17.7 Å². The van der Waals surface area contributed by atoms with E-state index in [1.807, 2.05) is 0 Å². The van der Waals surface area contributed by atoms with E-state index in [0.29, 0.717) is 11.6 Å². The molecule has 0 spiro atoms. The highest BCUT2D eigenvalue weighted by atomic mass is 35.5. The van der Waals surface area contributed by atoms with Crippen molar-refractivity contribution in [2.24, 2.45) is 0 Å². The molecule has 0 bridgehead atoms. The second kappa shape index (κ2) is 10.6. The summed E-state index contributed by atoms with van der Waals surface area (Å²) in [6.45, 7) is 1.32. The Kier molecular flexibility index (Phi) is 7.79. The molecule has 2 aromatic carbocycles. The number of carbonyl (C=O) groups is 1. The van der Waals surface area contributed by atoms with Crippen LogP contribution in [0.5, 0.6) is 0 Å². The van der Waals surface area contributed by atoms with Crippen molar-refractivity contribution in [1.29, 1.82) is 0 Å². The average molecular weight is 491 g/mol. The standard InChI is InChI=1S/C25H19ClF4N2O2/c1-2-3-11-34-23(33)32-24(15-17-7-5-4-6-8-17,22-10-9-20(26)16-31-22)18-12-19(25(28,29)30)14-21(27)13-18/h4-10,12-14,16H,11,15H2,1H3,(H,32,33)/t24-/m0/s1. The molecule has 0 fully saturated rings. The molecular weight excluding hydrogens is 472 g/mol. The second-order valence-corrected chi connectivity index (χ2v) is 7.72. The average Bonchev–Trinajstić information content (AvgIpc) is 2.79. The number of ether oxygens (including phenoxy) is 1. The molecule has 1 N–H and O–H groups in total. The minimum absolute atomic E-state index is 0.0578. The predicted octanol–water partition coefficient (Wildman–Crippen LogP) is 6.13. The molecule has 4 nitrogen and oxygen atoms in total. The van der Waals surface area contributed by atoms with Gasteiger partial charge < -0.3 is 10.1 Å². The maximum atomic E-state index is 14.5. The number of carbonyl (C=O) groups excluding carboxylic acids is 1. The van der Waals surface area contributed by atoms with Gasteiger partial charge in [0.2, 0.25) is 0 Å². The fourth-order valence-corrected chi connectivity index (χ4v) is 3.55. The molecule has 3 rings (SSSR count). The van der Waals surface area contributed by atoms with Gasteiger partial charge in [0.25, 0.3) is 0 Å². The van der Waals surface area contributed by atoms with Gasteiger partial charge in [-0.25, -0.2) is 9.18 Å². The van der Waals surface area contributed by atoms with Crippen molar-refractivity contribution in [1.82, 2.24) is 10.3 Å². The van der Waals surface area contributed by atoms with Crippen LogP contribution in [0.25, 0.3) is 0 Å². The van der Waals surface area contributed by atoms with Crippen LogP contribution in [0.1, 0.15) is 29.3 Å². The highest BCUT2D eigenvalue weighted by Crippen LogP contribution is 2.38. The number of benzene rings is 2. The Morgan fingerprint density at radius 1 is 1.09 bits per heavy atom. The lowest BCUT2D eigenvalue weighted by atomic mass is 9.80. The van der Waals surface area contributed by atoms with Crippen LogP contribution in [0.4, 0.5) is 22.4 Å². The van der Waals surface area contributed by atoms with E-state index in [1.54, 1.807) is 37.3 Å². The molecule has 0 saturated heterocycles. The Morgan fingerprint density at radius 3 is 2.41 bits per heavy atom. The molecule has 34 heavy (non-hydrogen) atoms. The molecule has 1 atom stereocenters. The lowest BCUT2D eigenvalue weighted by Crippen LogP contribution is -2.49. The third-order valence-electron chi connectivity index (χ3n) is 4.96. The minimum atomic E-state index is -4.82. The molecule has 0 aliphatic heterocycles. The minimum Gasteiger partial charge on any atom is -0.436 e. The third-order valence-corrected chi connectivity index (χ3v) is 5.19. The van der Waals surface area contributed by atoms with E-state index in [2.05, 4.69) is 22.1 Å². The lowest BCUT2D eigenvalue weighted by Gasteiger charge is -2.35. The summed E-state index contributed by atoms with van der Waals surface area (Å²) in [6, 6.07) is 13.7. The van der Waals surface area contributed by atoms with Gasteiger partial charge in [-0.1, -0.05) is 47.9 Å². The Labute approximate surface area is 198 Å². The van der Waals surface area contributed by atoms with Gasteiger partial charge in [-0.2, -0.15) is 13.2 Å². The van der Waals surface area contributed by atoms with Gasteiger partial charge in [0.1, 0.15) is 11.4 Å². The van der Waals surface area contributed by atoms with Gasteiger partial charge in [-0.15, -0.1) is 5.92 Å². The van der Waals surface area contributed by atoms with Gasteiger partial charge >= 0.3 is 12.3 Å². The first-order chi connectivity index (χ1) is 16.1. The Hall–Kier alpha value is -3.57. The zero-order valence-electron chi connectivity index (χ0n) is 17.9. The number of pyridine rings is 1. The summed E-state index contributed by atoms with van der Waals surface area (Å²) < 4.78 is 60.2. The molecule has 1 amide bonds. The van der Waals surface area contributed by atoms with E-state index in [4.69, 9.17) is 16.3 Å². The molecule has 176 valence electrons. The summed E-state index contributed by atoms with van der Waals surface area (Å²) in [5.41, 5.74) is -2.33. The fourth-order valence-electron chi connectivity index (χ4n) is 3.44. The number of nitrogens with one attached hydrogen (secondary N) is 1. The molecule has 0 radical (unpaired) electrons. The quantitative estimate of drug-likeness (QED) is 0.334. The topological polar surface area (TPSA) is 51.2 Å². The molecule has 1 heterocycles. The largest absolute Gasteiger partial charge is 0.436 e. The number of hydrogen-bond acceptors (Lipinski definition) is 3. The number of amides is 1. The monoisotopic (exact) mass is 490 g/mol. The third kappa shape index (κ3) is 6.06. The van der Waals surface area contributed by atoms with Gasteiger partial charge in [0.15, 0.2) is 6.61 Å². The Balaban J connectivity index is 2.25. The normalized spacial score (nSPS) is 12.8. The zero-order valence-corrected chi connectivity index (χ0v) is 18.7. The molecule has 0 aliphatic rings. The lowest BCUT2D eigenvalue weighted by molar-refractivity contribution is -0.137. The van der Waals surface area contributed by atoms with E-state index >= 15 is 0 Å². The number of nitrogens with zero attached hydrogens (tertiary/aromatic N) is 1. The fraction of sp³-hybridized carbons (Fsp3) is 0.200. The highest BCUT2D eigenvalue weighted by Gasteiger charge is 2.41. The van der Waals surface area contributed by atoms with Crippen molar-refractivity contribution in [3.63, 3.8) is 0 Å². The second-order valence-electron chi connectivity index (χ2n) is 7.28. The van der Waals surface area contributed by atoms with Crippen LogP contribution in [0.15, 0.2) is 66.9 Å². The van der Waals surface area contributed by atoms with Gasteiger partial charge in [0, 0.05) is 12.6 Å². The molecule has 0 saturated carbocycles. The number of alkyl carbamates (subject to hydrolysis) is 1. The summed E-state index contributed by atoms with van der Waals surface area (Å²) in [7, 11) is 0. The van der Waals surface area contributed by atoms with Crippen molar-refractivity contribution >= 4 is 17.7 Å². The summed E-state index contributed by atoms with van der Waals surface area (Å²) in [5.74, 6) is 4.01. The summed E-state index contributed by atoms with van der Waals surface area (Å²) in [4.78, 5) is 17.0. The van der Waals surface area contributed by atoms with Gasteiger partial charge in [-0.3, -0.25) is 4.98 Å². The van der Waals surface area contributed by atoms with Gasteiger partial charge in [0.05, 0.1) is 16.3 Å². The zero-order chi connectivity index (χ0) is 24.8. The molecular formula is C25H19ClF4N2O2. The molecule has 0 unspecified atom stereocenters. The Bertz CT molecular complexity index is 1210. The number of halogens is 5. The van der Waals surface area contributed by atoms with E-state index in [9.17, 15) is 22.4 Å². The summed E-state index contributed by atoms with van der Waals surface area (Å²) in [6.07, 6.45) is -4.55. The van der Waals surface area contributed by atoms with E-state index in [0.717, 1.165) is 12.1 Å². The van der Waals surface area contributed by atoms with Crippen LogP contribution in [-0.2, 0) is 22.9 Å². The van der Waals surface area contributed by atoms with Crippen molar-refractivity contribution in [3.05, 3.63) is 100 Å². The van der Waals surface area contributed by atoms with Crippen molar-refractivity contribution < 1.29 is 27.1 Å². The molecule has 3 aromatic rings. The van der Waals surface area contributed by atoms with Crippen LogP contribution >= 0.6 is 11.6 Å². The van der Waals surface area contributed by atoms with Gasteiger partial charge in [-0.05, 0) is 48.4 Å². The first-order valence-electron chi connectivity index (χ1n) is 10.0. The number of aromatic nitrogens is 1. The van der Waals surface area contributed by atoms with Crippen LogP contribution in [0.2, 0.25) is 5.02 Å². The van der Waals surface area contributed by atoms with E-state index < -0.39 is 29.2 Å². The maximum Gasteiger partial charge on any atom is 0.416 e. The molecule has 9 heteroatoms. The molecule has 1 aromatic heterocycles. The SMILES string of the molecule is CC#CCOC(=O)N[C@@](Cc1ccccc1)(c1cc(F)cc(C(F)(F)F)c1)c1ccc(Cl)cn1. The first kappa shape index (κ1) is 25.1. The number of rotatable bonds is 6. The Morgan fingerprint density at radius 2 is 1.79 bits per heavy atom. The van der Waals surface area contributed by atoms with Crippen molar-refractivity contribution in [2.45, 2.75) is 25.1 Å². The van der Waals surface area contributed by atoms with E-state index in [-0.39, 0.29) is 29.3 Å². The van der Waals surface area contributed by atoms with Crippen LogP contribution < -0.4 is 5.32 Å². The smallest absolute Gasteiger partial charge is 0.416 e. The van der Waals surface area contributed by atoms with Crippen molar-refractivity contribution in [2.75, 3.05) is 6.61 Å².